The van der Waals surface area contributed by atoms with E-state index < -0.39 is 0 Å². The van der Waals surface area contributed by atoms with Crippen molar-refractivity contribution in [3.8, 4) is 0 Å². The van der Waals surface area contributed by atoms with E-state index in [9.17, 15) is 4.79 Å². The summed E-state index contributed by atoms with van der Waals surface area (Å²) < 4.78 is 1.09. The van der Waals surface area contributed by atoms with E-state index in [0.29, 0.717) is 0 Å². The summed E-state index contributed by atoms with van der Waals surface area (Å²) in [5.74, 6) is -0.0233. The van der Waals surface area contributed by atoms with Gasteiger partial charge in [-0.3, -0.25) is 4.79 Å². The maximum Gasteiger partial charge on any atom is 0.221 e. The second-order valence-electron chi connectivity index (χ2n) is 3.12. The molecule has 0 radical (unpaired) electrons. The van der Waals surface area contributed by atoms with E-state index in [0.717, 1.165) is 14.8 Å². The Morgan fingerprint density at radius 1 is 1.38 bits per heavy atom. The molecule has 0 heterocycles. The molecule has 70 valence electrons. The fourth-order valence-electron chi connectivity index (χ4n) is 1.25. The number of benzene rings is 1. The van der Waals surface area contributed by atoms with Gasteiger partial charge in [-0.15, -0.1) is 0 Å². The van der Waals surface area contributed by atoms with Gasteiger partial charge in [-0.05, 0) is 53.6 Å². The fourth-order valence-corrected chi connectivity index (χ4v) is 2.30. The summed E-state index contributed by atoms with van der Waals surface area (Å²) in [6.45, 7) is 5.57. The Bertz CT molecular complexity index is 324. The van der Waals surface area contributed by atoms with Crippen LogP contribution < -0.4 is 5.32 Å². The molecule has 1 rings (SSSR count). The minimum Gasteiger partial charge on any atom is -0.325 e. The van der Waals surface area contributed by atoms with Crippen molar-refractivity contribution in [2.75, 3.05) is 5.32 Å². The van der Waals surface area contributed by atoms with Gasteiger partial charge in [-0.25, -0.2) is 0 Å². The van der Waals surface area contributed by atoms with Crippen LogP contribution in [0, 0.1) is 17.4 Å². The highest BCUT2D eigenvalue weighted by atomic mass is 127. The van der Waals surface area contributed by atoms with Crippen molar-refractivity contribution < 1.29 is 4.79 Å². The molecule has 0 saturated carbocycles. The van der Waals surface area contributed by atoms with Crippen molar-refractivity contribution >= 4 is 34.2 Å². The zero-order valence-corrected chi connectivity index (χ0v) is 10.1. The topological polar surface area (TPSA) is 29.1 Å². The number of amides is 1. The lowest BCUT2D eigenvalue weighted by Crippen LogP contribution is -2.08. The Morgan fingerprint density at radius 2 is 2.00 bits per heavy atom. The zero-order valence-electron chi connectivity index (χ0n) is 7.94. The van der Waals surface area contributed by atoms with E-state index in [1.54, 1.807) is 0 Å². The van der Waals surface area contributed by atoms with Crippen LogP contribution in [-0.2, 0) is 4.79 Å². The standard InChI is InChI=1S/C10H12INO/c1-6-4-7(2)10(9(11)5-6)12-8(3)13/h4-5H,1-3H3,(H,12,13). The zero-order chi connectivity index (χ0) is 10.0. The minimum atomic E-state index is -0.0233. The Balaban J connectivity index is 3.13. The minimum absolute atomic E-state index is 0.0233. The van der Waals surface area contributed by atoms with Crippen molar-refractivity contribution in [3.05, 3.63) is 26.8 Å². The number of aryl methyl sites for hydroxylation is 2. The summed E-state index contributed by atoms with van der Waals surface area (Å²) in [5, 5.41) is 2.82. The number of carbonyl (C=O) groups is 1. The molecular formula is C10H12INO. The summed E-state index contributed by atoms with van der Waals surface area (Å²) in [6, 6.07) is 4.12. The second-order valence-corrected chi connectivity index (χ2v) is 4.28. The van der Waals surface area contributed by atoms with Crippen molar-refractivity contribution in [1.29, 1.82) is 0 Å². The third-order valence-electron chi connectivity index (χ3n) is 1.73. The molecule has 0 aliphatic carbocycles. The predicted octanol–water partition coefficient (Wildman–Crippen LogP) is 2.87. The first-order valence-electron chi connectivity index (χ1n) is 4.05. The molecular weight excluding hydrogens is 277 g/mol. The van der Waals surface area contributed by atoms with Gasteiger partial charge in [0.2, 0.25) is 5.91 Å². The lowest BCUT2D eigenvalue weighted by Gasteiger charge is -2.09. The first-order valence-corrected chi connectivity index (χ1v) is 5.13. The molecule has 3 heteroatoms. The van der Waals surface area contributed by atoms with Gasteiger partial charge in [0.25, 0.3) is 0 Å². The molecule has 0 atom stereocenters. The normalized spacial score (nSPS) is 9.85. The summed E-state index contributed by atoms with van der Waals surface area (Å²) in [6.07, 6.45) is 0. The van der Waals surface area contributed by atoms with Crippen molar-refractivity contribution in [3.63, 3.8) is 0 Å². The van der Waals surface area contributed by atoms with Crippen LogP contribution in [0.1, 0.15) is 18.1 Å². The molecule has 0 spiro atoms. The third kappa shape index (κ3) is 2.69. The number of hydrogen-bond donors (Lipinski definition) is 1. The average Bonchev–Trinajstić information content (AvgIpc) is 1.96. The van der Waals surface area contributed by atoms with E-state index in [2.05, 4.69) is 40.0 Å². The van der Waals surface area contributed by atoms with E-state index in [1.165, 1.54) is 12.5 Å². The van der Waals surface area contributed by atoms with Crippen LogP contribution in [0.25, 0.3) is 0 Å². The largest absolute Gasteiger partial charge is 0.325 e. The van der Waals surface area contributed by atoms with Crippen molar-refractivity contribution in [2.24, 2.45) is 0 Å². The maximum absolute atomic E-state index is 10.9. The number of rotatable bonds is 1. The average molecular weight is 289 g/mol. The lowest BCUT2D eigenvalue weighted by molar-refractivity contribution is -0.114. The quantitative estimate of drug-likeness (QED) is 0.791. The van der Waals surface area contributed by atoms with E-state index in [-0.39, 0.29) is 5.91 Å². The molecule has 1 aromatic carbocycles. The van der Waals surface area contributed by atoms with Crippen LogP contribution in [0.3, 0.4) is 0 Å². The molecule has 0 aliphatic rings. The molecule has 2 nitrogen and oxygen atoms in total. The SMILES string of the molecule is CC(=O)Nc1c(C)cc(C)cc1I. The van der Waals surface area contributed by atoms with Gasteiger partial charge < -0.3 is 5.32 Å². The maximum atomic E-state index is 10.9. The second kappa shape index (κ2) is 4.09. The van der Waals surface area contributed by atoms with E-state index in [4.69, 9.17) is 0 Å². The Kier molecular flexibility index (Phi) is 3.30. The van der Waals surface area contributed by atoms with Crippen LogP contribution >= 0.6 is 22.6 Å². The van der Waals surface area contributed by atoms with Crippen LogP contribution in [0.5, 0.6) is 0 Å². The molecule has 1 aromatic rings. The van der Waals surface area contributed by atoms with Gasteiger partial charge >= 0.3 is 0 Å². The van der Waals surface area contributed by atoms with Crippen LogP contribution in [0.15, 0.2) is 12.1 Å². The summed E-state index contributed by atoms with van der Waals surface area (Å²) >= 11 is 2.23. The van der Waals surface area contributed by atoms with Gasteiger partial charge in [0.05, 0.1) is 5.69 Å². The Hall–Kier alpha value is -0.580. The first kappa shape index (κ1) is 10.5. The van der Waals surface area contributed by atoms with Crippen LogP contribution in [0.4, 0.5) is 5.69 Å². The molecule has 0 unspecified atom stereocenters. The summed E-state index contributed by atoms with van der Waals surface area (Å²) in [7, 11) is 0. The molecule has 1 N–H and O–H groups in total. The van der Waals surface area contributed by atoms with Crippen LogP contribution in [0.2, 0.25) is 0 Å². The van der Waals surface area contributed by atoms with Gasteiger partial charge in [0.1, 0.15) is 0 Å². The highest BCUT2D eigenvalue weighted by Crippen LogP contribution is 2.23. The van der Waals surface area contributed by atoms with E-state index in [1.807, 2.05) is 13.8 Å². The van der Waals surface area contributed by atoms with Crippen molar-refractivity contribution in [1.82, 2.24) is 0 Å². The molecule has 0 bridgehead atoms. The summed E-state index contributed by atoms with van der Waals surface area (Å²) in [4.78, 5) is 10.9. The van der Waals surface area contributed by atoms with Gasteiger partial charge in [0, 0.05) is 10.5 Å². The first-order chi connectivity index (χ1) is 6.00. The molecule has 0 aromatic heterocycles. The highest BCUT2D eigenvalue weighted by Gasteiger charge is 2.05. The lowest BCUT2D eigenvalue weighted by atomic mass is 10.1. The number of hydrogen-bond acceptors (Lipinski definition) is 1. The predicted molar refractivity (Wildman–Crippen MR) is 62.9 cm³/mol. The number of halogens is 1. The summed E-state index contributed by atoms with van der Waals surface area (Å²) in [5.41, 5.74) is 3.26. The van der Waals surface area contributed by atoms with Gasteiger partial charge in [0.15, 0.2) is 0 Å². The highest BCUT2D eigenvalue weighted by molar-refractivity contribution is 14.1. The monoisotopic (exact) mass is 289 g/mol. The number of nitrogens with one attached hydrogen (secondary N) is 1. The molecule has 0 fully saturated rings. The molecule has 1 amide bonds. The molecule has 0 saturated heterocycles. The van der Waals surface area contributed by atoms with Crippen LogP contribution in [-0.4, -0.2) is 5.91 Å². The number of anilines is 1. The Labute approximate surface area is 91.9 Å². The Morgan fingerprint density at radius 3 is 2.46 bits per heavy atom. The van der Waals surface area contributed by atoms with Crippen molar-refractivity contribution in [2.45, 2.75) is 20.8 Å². The van der Waals surface area contributed by atoms with Gasteiger partial charge in [-0.1, -0.05) is 6.07 Å². The number of carbonyl (C=O) groups excluding carboxylic acids is 1. The fraction of sp³-hybridized carbons (Fsp3) is 0.300. The van der Waals surface area contributed by atoms with E-state index >= 15 is 0 Å². The van der Waals surface area contributed by atoms with Gasteiger partial charge in [-0.2, -0.15) is 0 Å². The smallest absolute Gasteiger partial charge is 0.221 e. The third-order valence-corrected chi connectivity index (χ3v) is 2.58. The molecule has 13 heavy (non-hydrogen) atoms. The molecule has 0 aliphatic heterocycles.